The highest BCUT2D eigenvalue weighted by Crippen LogP contribution is 2.42. The highest BCUT2D eigenvalue weighted by Gasteiger charge is 2.48. The predicted octanol–water partition coefficient (Wildman–Crippen LogP) is 4.69. The fraction of sp³-hybridized carbons (Fsp3) is 0.364. The van der Waals surface area contributed by atoms with Gasteiger partial charge >= 0.3 is 11.9 Å². The highest BCUT2D eigenvalue weighted by molar-refractivity contribution is 5.97. The maximum atomic E-state index is 12.4. The topological polar surface area (TPSA) is 43.4 Å². The summed E-state index contributed by atoms with van der Waals surface area (Å²) in [6.45, 7) is 4.16. The highest BCUT2D eigenvalue weighted by atomic mass is 16.6. The van der Waals surface area contributed by atoms with Gasteiger partial charge in [0.05, 0.1) is 11.8 Å². The minimum Gasteiger partial charge on any atom is -0.393 e. The zero-order chi connectivity index (χ0) is 17.8. The van der Waals surface area contributed by atoms with Crippen LogP contribution in [0, 0.1) is 11.8 Å². The number of benzene rings is 2. The summed E-state index contributed by atoms with van der Waals surface area (Å²) in [5.41, 5.74) is 2.28. The zero-order valence-corrected chi connectivity index (χ0v) is 14.7. The van der Waals surface area contributed by atoms with E-state index in [0.717, 1.165) is 12.0 Å². The van der Waals surface area contributed by atoms with Crippen LogP contribution < -0.4 is 0 Å². The minimum absolute atomic E-state index is 0.00752. The van der Waals surface area contributed by atoms with Gasteiger partial charge in [0, 0.05) is 0 Å². The predicted molar refractivity (Wildman–Crippen MR) is 97.0 cm³/mol. The van der Waals surface area contributed by atoms with E-state index < -0.39 is 5.92 Å². The van der Waals surface area contributed by atoms with Crippen molar-refractivity contribution >= 4 is 11.9 Å². The Morgan fingerprint density at radius 3 is 2.00 bits per heavy atom. The average molecular weight is 336 g/mol. The van der Waals surface area contributed by atoms with Crippen molar-refractivity contribution in [1.82, 2.24) is 0 Å². The Balaban J connectivity index is 1.86. The van der Waals surface area contributed by atoms with E-state index in [2.05, 4.69) is 26.0 Å². The van der Waals surface area contributed by atoms with Crippen molar-refractivity contribution in [2.24, 2.45) is 11.8 Å². The molecule has 25 heavy (non-hydrogen) atoms. The molecule has 0 amide bonds. The van der Waals surface area contributed by atoms with Crippen LogP contribution in [0.3, 0.4) is 0 Å². The first-order valence-corrected chi connectivity index (χ1v) is 8.97. The van der Waals surface area contributed by atoms with Crippen molar-refractivity contribution < 1.29 is 14.3 Å². The average Bonchev–Trinajstić information content (AvgIpc) is 2.91. The molecule has 130 valence electrons. The van der Waals surface area contributed by atoms with Gasteiger partial charge in [0.2, 0.25) is 0 Å². The molecule has 3 nitrogen and oxygen atoms in total. The van der Waals surface area contributed by atoms with Crippen molar-refractivity contribution in [2.75, 3.05) is 0 Å². The molecule has 1 fully saturated rings. The monoisotopic (exact) mass is 336 g/mol. The molecular weight excluding hydrogens is 312 g/mol. The summed E-state index contributed by atoms with van der Waals surface area (Å²) in [6, 6.07) is 20.1. The lowest BCUT2D eigenvalue weighted by Gasteiger charge is -2.25. The van der Waals surface area contributed by atoms with Crippen molar-refractivity contribution in [3.63, 3.8) is 0 Å². The maximum absolute atomic E-state index is 12.4. The Hall–Kier alpha value is -2.42. The first kappa shape index (κ1) is 17.4. The molecule has 1 saturated heterocycles. The largest absolute Gasteiger partial charge is 0.393 e. The molecule has 1 aliphatic rings. The Morgan fingerprint density at radius 2 is 1.44 bits per heavy atom. The summed E-state index contributed by atoms with van der Waals surface area (Å²) in [4.78, 5) is 24.8. The van der Waals surface area contributed by atoms with Gasteiger partial charge in [0.1, 0.15) is 0 Å². The number of rotatable bonds is 6. The van der Waals surface area contributed by atoms with Crippen molar-refractivity contribution in [3.05, 3.63) is 71.8 Å². The number of esters is 2. The van der Waals surface area contributed by atoms with Crippen molar-refractivity contribution in [3.8, 4) is 0 Å². The summed E-state index contributed by atoms with van der Waals surface area (Å²) < 4.78 is 5.05. The van der Waals surface area contributed by atoms with E-state index in [1.165, 1.54) is 5.56 Å². The van der Waals surface area contributed by atoms with E-state index in [1.807, 2.05) is 48.5 Å². The van der Waals surface area contributed by atoms with Crippen LogP contribution in [-0.4, -0.2) is 11.9 Å². The SMILES string of the molecule is CCC(c1ccccc1)C1C(=O)OC(=O)C1CC(C)c1ccccc1. The standard InChI is InChI=1S/C22H24O3/c1-3-18(17-12-8-5-9-13-17)20-19(21(23)25-22(20)24)14-15(2)16-10-6-4-7-11-16/h4-13,15,18-20H,3,14H2,1-2H3. The normalized spacial score (nSPS) is 22.5. The third-order valence-corrected chi connectivity index (χ3v) is 5.29. The summed E-state index contributed by atoms with van der Waals surface area (Å²) in [6.07, 6.45) is 1.43. The van der Waals surface area contributed by atoms with Gasteiger partial charge in [-0.15, -0.1) is 0 Å². The lowest BCUT2D eigenvalue weighted by Crippen LogP contribution is -2.26. The quantitative estimate of drug-likeness (QED) is 0.568. The van der Waals surface area contributed by atoms with Gasteiger partial charge in [-0.1, -0.05) is 74.5 Å². The van der Waals surface area contributed by atoms with Crippen LogP contribution in [0.15, 0.2) is 60.7 Å². The molecule has 2 aromatic rings. The van der Waals surface area contributed by atoms with Crippen LogP contribution in [0.5, 0.6) is 0 Å². The third kappa shape index (κ3) is 3.65. The molecule has 4 atom stereocenters. The van der Waals surface area contributed by atoms with E-state index >= 15 is 0 Å². The van der Waals surface area contributed by atoms with Crippen LogP contribution in [0.4, 0.5) is 0 Å². The van der Waals surface area contributed by atoms with Crippen LogP contribution in [0.1, 0.15) is 49.7 Å². The molecule has 1 aliphatic heterocycles. The lowest BCUT2D eigenvalue weighted by atomic mass is 9.74. The van der Waals surface area contributed by atoms with Crippen LogP contribution in [0.2, 0.25) is 0 Å². The fourth-order valence-corrected chi connectivity index (χ4v) is 3.94. The van der Waals surface area contributed by atoms with E-state index in [0.29, 0.717) is 6.42 Å². The van der Waals surface area contributed by atoms with Gasteiger partial charge < -0.3 is 4.74 Å². The zero-order valence-electron chi connectivity index (χ0n) is 14.7. The second-order valence-electron chi connectivity index (χ2n) is 6.85. The van der Waals surface area contributed by atoms with Gasteiger partial charge in [-0.25, -0.2) is 0 Å². The summed E-state index contributed by atoms with van der Waals surface area (Å²) >= 11 is 0. The molecule has 3 rings (SSSR count). The second-order valence-corrected chi connectivity index (χ2v) is 6.85. The molecule has 0 radical (unpaired) electrons. The molecule has 4 unspecified atom stereocenters. The van der Waals surface area contributed by atoms with Gasteiger partial charge in [0.15, 0.2) is 0 Å². The Kier molecular flexibility index (Phi) is 5.32. The molecule has 0 aliphatic carbocycles. The van der Waals surface area contributed by atoms with Gasteiger partial charge in [-0.3, -0.25) is 9.59 Å². The number of hydrogen-bond donors (Lipinski definition) is 0. The Bertz CT molecular complexity index is 723. The number of cyclic esters (lactones) is 2. The smallest absolute Gasteiger partial charge is 0.318 e. The van der Waals surface area contributed by atoms with E-state index in [1.54, 1.807) is 0 Å². The van der Waals surface area contributed by atoms with Crippen LogP contribution >= 0.6 is 0 Å². The molecule has 1 heterocycles. The molecule has 0 bridgehead atoms. The first-order chi connectivity index (χ1) is 12.1. The van der Waals surface area contributed by atoms with Crippen molar-refractivity contribution in [2.45, 2.75) is 38.5 Å². The summed E-state index contributed by atoms with van der Waals surface area (Å²) in [7, 11) is 0. The van der Waals surface area contributed by atoms with E-state index in [-0.39, 0.29) is 29.7 Å². The number of carbonyl (C=O) groups excluding carboxylic acids is 2. The number of carbonyl (C=O) groups is 2. The minimum atomic E-state index is -0.397. The molecular formula is C22H24O3. The van der Waals surface area contributed by atoms with E-state index in [9.17, 15) is 9.59 Å². The maximum Gasteiger partial charge on any atom is 0.318 e. The van der Waals surface area contributed by atoms with Crippen molar-refractivity contribution in [1.29, 1.82) is 0 Å². The fourth-order valence-electron chi connectivity index (χ4n) is 3.94. The summed E-state index contributed by atoms with van der Waals surface area (Å²) in [5.74, 6) is -1.31. The van der Waals surface area contributed by atoms with E-state index in [4.69, 9.17) is 4.74 Å². The summed E-state index contributed by atoms with van der Waals surface area (Å²) in [5, 5.41) is 0. The third-order valence-electron chi connectivity index (χ3n) is 5.29. The second kappa shape index (κ2) is 7.64. The number of ether oxygens (including phenoxy) is 1. The Morgan fingerprint density at radius 1 is 0.880 bits per heavy atom. The molecule has 0 aromatic heterocycles. The van der Waals surface area contributed by atoms with Crippen LogP contribution in [-0.2, 0) is 14.3 Å². The lowest BCUT2D eigenvalue weighted by molar-refractivity contribution is -0.154. The molecule has 0 N–H and O–H groups in total. The first-order valence-electron chi connectivity index (χ1n) is 8.97. The molecule has 3 heteroatoms. The molecule has 2 aromatic carbocycles. The van der Waals surface area contributed by atoms with Gasteiger partial charge in [-0.05, 0) is 35.8 Å². The number of hydrogen-bond acceptors (Lipinski definition) is 3. The van der Waals surface area contributed by atoms with Crippen LogP contribution in [0.25, 0.3) is 0 Å². The molecule has 0 spiro atoms. The Labute approximate surface area is 149 Å². The van der Waals surface area contributed by atoms with Gasteiger partial charge in [-0.2, -0.15) is 0 Å². The van der Waals surface area contributed by atoms with Gasteiger partial charge in [0.25, 0.3) is 0 Å². The molecule has 0 saturated carbocycles.